The first-order valence-corrected chi connectivity index (χ1v) is 8.32. The highest BCUT2D eigenvalue weighted by Crippen LogP contribution is 2.40. The highest BCUT2D eigenvalue weighted by atomic mass is 79.9. The van der Waals surface area contributed by atoms with Crippen LogP contribution in [0.2, 0.25) is 0 Å². The maximum Gasteiger partial charge on any atom is 0.336 e. The Bertz CT molecular complexity index is 689. The minimum atomic E-state index is -0.432. The number of Topliss-reactive ketones (excluding diaryl/α,β-unsaturated/α-hetero) is 1. The third kappa shape index (κ3) is 3.44. The molecule has 2 rings (SSSR count). The van der Waals surface area contributed by atoms with Gasteiger partial charge in [-0.3, -0.25) is 9.79 Å². The third-order valence-electron chi connectivity index (χ3n) is 4.16. The minimum absolute atomic E-state index is 0.0769. The van der Waals surface area contributed by atoms with Crippen molar-refractivity contribution in [1.82, 2.24) is 0 Å². The highest BCUT2D eigenvalue weighted by Gasteiger charge is 2.40. The van der Waals surface area contributed by atoms with E-state index in [0.29, 0.717) is 17.7 Å². The van der Waals surface area contributed by atoms with Crippen molar-refractivity contribution in [3.8, 4) is 0 Å². The molecule has 0 amide bonds. The van der Waals surface area contributed by atoms with Gasteiger partial charge in [0.05, 0.1) is 18.6 Å². The van der Waals surface area contributed by atoms with E-state index in [1.54, 1.807) is 6.92 Å². The lowest BCUT2D eigenvalue weighted by Gasteiger charge is -2.31. The molecule has 1 aromatic rings. The Hall–Kier alpha value is -1.75. The van der Waals surface area contributed by atoms with Crippen LogP contribution >= 0.6 is 15.9 Å². The number of rotatable bonds is 4. The molecule has 0 radical (unpaired) electrons. The SMILES string of the molecule is CCC(=O)C1C(C)=NC(C)=C(C(=O)OC)[C@H]1c1ccc(Br)cc1. The Morgan fingerprint density at radius 2 is 1.83 bits per heavy atom. The molecule has 0 N–H and O–H groups in total. The second-order valence-electron chi connectivity index (χ2n) is 5.57. The molecule has 0 spiro atoms. The fourth-order valence-electron chi connectivity index (χ4n) is 3.08. The van der Waals surface area contributed by atoms with Crippen LogP contribution in [0.5, 0.6) is 0 Å². The van der Waals surface area contributed by atoms with E-state index in [9.17, 15) is 9.59 Å². The second-order valence-corrected chi connectivity index (χ2v) is 6.49. The van der Waals surface area contributed by atoms with E-state index in [1.165, 1.54) is 7.11 Å². The summed E-state index contributed by atoms with van der Waals surface area (Å²) in [4.78, 5) is 29.3. The minimum Gasteiger partial charge on any atom is -0.466 e. The van der Waals surface area contributed by atoms with Crippen LogP contribution in [0.15, 0.2) is 45.0 Å². The summed E-state index contributed by atoms with van der Waals surface area (Å²) >= 11 is 3.41. The fourth-order valence-corrected chi connectivity index (χ4v) is 3.34. The number of allylic oxidation sites excluding steroid dienone is 1. The molecule has 0 bridgehead atoms. The molecule has 1 aromatic carbocycles. The molecule has 0 fully saturated rings. The number of ketones is 1. The van der Waals surface area contributed by atoms with Gasteiger partial charge in [-0.25, -0.2) is 4.79 Å². The molecule has 1 heterocycles. The topological polar surface area (TPSA) is 55.7 Å². The van der Waals surface area contributed by atoms with Crippen molar-refractivity contribution >= 4 is 33.4 Å². The normalized spacial score (nSPS) is 21.0. The first kappa shape index (κ1) is 17.6. The third-order valence-corrected chi connectivity index (χ3v) is 4.69. The lowest BCUT2D eigenvalue weighted by atomic mass is 9.73. The number of benzene rings is 1. The van der Waals surface area contributed by atoms with Gasteiger partial charge < -0.3 is 4.74 Å². The van der Waals surface area contributed by atoms with Crippen molar-refractivity contribution < 1.29 is 14.3 Å². The Kier molecular flexibility index (Phi) is 5.52. The first-order chi connectivity index (χ1) is 10.9. The van der Waals surface area contributed by atoms with Gasteiger partial charge in [-0.15, -0.1) is 0 Å². The molecule has 1 aliphatic heterocycles. The molecule has 122 valence electrons. The Balaban J connectivity index is 2.65. The molecule has 1 aliphatic rings. The van der Waals surface area contributed by atoms with Crippen molar-refractivity contribution in [2.24, 2.45) is 10.9 Å². The van der Waals surface area contributed by atoms with Crippen molar-refractivity contribution in [3.05, 3.63) is 45.6 Å². The van der Waals surface area contributed by atoms with Crippen LogP contribution in [-0.4, -0.2) is 24.6 Å². The molecule has 0 aromatic heterocycles. The lowest BCUT2D eigenvalue weighted by molar-refractivity contribution is -0.136. The summed E-state index contributed by atoms with van der Waals surface area (Å²) in [6.07, 6.45) is 0.401. The number of ether oxygens (including phenoxy) is 1. The summed E-state index contributed by atoms with van der Waals surface area (Å²) in [5.41, 5.74) is 2.73. The predicted molar refractivity (Wildman–Crippen MR) is 93.5 cm³/mol. The van der Waals surface area contributed by atoms with Gasteiger partial charge in [0.1, 0.15) is 5.78 Å². The van der Waals surface area contributed by atoms with Gasteiger partial charge in [-0.1, -0.05) is 35.0 Å². The molecule has 0 aliphatic carbocycles. The van der Waals surface area contributed by atoms with Crippen LogP contribution in [0.4, 0.5) is 0 Å². The molecule has 23 heavy (non-hydrogen) atoms. The maximum absolute atomic E-state index is 12.5. The zero-order chi connectivity index (χ0) is 17.1. The number of aliphatic imine (C=N–C) groups is 1. The van der Waals surface area contributed by atoms with E-state index in [0.717, 1.165) is 15.7 Å². The van der Waals surface area contributed by atoms with Crippen LogP contribution in [0.1, 0.15) is 38.7 Å². The zero-order valence-corrected chi connectivity index (χ0v) is 15.3. The lowest BCUT2D eigenvalue weighted by Crippen LogP contribution is -2.35. The summed E-state index contributed by atoms with van der Waals surface area (Å²) in [5, 5.41) is 0. The molecule has 1 unspecified atom stereocenters. The van der Waals surface area contributed by atoms with E-state index < -0.39 is 11.9 Å². The Morgan fingerprint density at radius 1 is 1.22 bits per heavy atom. The zero-order valence-electron chi connectivity index (χ0n) is 13.7. The number of esters is 1. The van der Waals surface area contributed by atoms with E-state index in [4.69, 9.17) is 4.74 Å². The van der Waals surface area contributed by atoms with E-state index in [1.807, 2.05) is 38.1 Å². The van der Waals surface area contributed by atoms with Crippen molar-refractivity contribution in [1.29, 1.82) is 0 Å². The van der Waals surface area contributed by atoms with E-state index >= 15 is 0 Å². The Morgan fingerprint density at radius 3 is 2.35 bits per heavy atom. The van der Waals surface area contributed by atoms with E-state index in [2.05, 4.69) is 20.9 Å². The van der Waals surface area contributed by atoms with Crippen molar-refractivity contribution in [2.75, 3.05) is 7.11 Å². The highest BCUT2D eigenvalue weighted by molar-refractivity contribution is 9.10. The number of halogens is 1. The summed E-state index contributed by atoms with van der Waals surface area (Å²) in [5.74, 6) is -1.15. The van der Waals surface area contributed by atoms with Gasteiger partial charge in [-0.2, -0.15) is 0 Å². The molecule has 4 nitrogen and oxygen atoms in total. The number of carbonyl (C=O) groups is 2. The summed E-state index contributed by atoms with van der Waals surface area (Å²) in [6, 6.07) is 7.68. The van der Waals surface area contributed by atoms with Crippen LogP contribution in [0, 0.1) is 5.92 Å². The van der Waals surface area contributed by atoms with Gasteiger partial charge in [0, 0.05) is 28.2 Å². The molecule has 5 heteroatoms. The van der Waals surface area contributed by atoms with Gasteiger partial charge in [-0.05, 0) is 31.5 Å². The average molecular weight is 378 g/mol. The molecule has 0 saturated heterocycles. The molecule has 0 saturated carbocycles. The second kappa shape index (κ2) is 7.21. The number of carbonyl (C=O) groups excluding carboxylic acids is 2. The Labute approximate surface area is 144 Å². The van der Waals surface area contributed by atoms with Crippen molar-refractivity contribution in [2.45, 2.75) is 33.1 Å². The van der Waals surface area contributed by atoms with Gasteiger partial charge in [0.15, 0.2) is 0 Å². The largest absolute Gasteiger partial charge is 0.466 e. The quantitative estimate of drug-likeness (QED) is 0.743. The number of hydrogen-bond donors (Lipinski definition) is 0. The van der Waals surface area contributed by atoms with Gasteiger partial charge in [0.25, 0.3) is 0 Å². The van der Waals surface area contributed by atoms with Crippen LogP contribution in [0.3, 0.4) is 0 Å². The monoisotopic (exact) mass is 377 g/mol. The summed E-state index contributed by atoms with van der Waals surface area (Å²) < 4.78 is 5.89. The van der Waals surface area contributed by atoms with Gasteiger partial charge >= 0.3 is 5.97 Å². The first-order valence-electron chi connectivity index (χ1n) is 7.53. The van der Waals surface area contributed by atoms with Crippen LogP contribution < -0.4 is 0 Å². The number of hydrogen-bond acceptors (Lipinski definition) is 4. The molecule has 2 atom stereocenters. The molecular weight excluding hydrogens is 358 g/mol. The number of nitrogens with zero attached hydrogens (tertiary/aromatic N) is 1. The predicted octanol–water partition coefficient (Wildman–Crippen LogP) is 4.05. The van der Waals surface area contributed by atoms with E-state index in [-0.39, 0.29) is 11.7 Å². The molecular formula is C18H20BrNO3. The smallest absolute Gasteiger partial charge is 0.336 e. The maximum atomic E-state index is 12.5. The van der Waals surface area contributed by atoms with Gasteiger partial charge in [0.2, 0.25) is 0 Å². The fraction of sp³-hybridized carbons (Fsp3) is 0.389. The van der Waals surface area contributed by atoms with Crippen LogP contribution in [-0.2, 0) is 14.3 Å². The summed E-state index contributed by atoms with van der Waals surface area (Å²) in [6.45, 7) is 5.47. The number of methoxy groups -OCH3 is 1. The standard InChI is InChI=1S/C18H20BrNO3/c1-5-14(21)15-10(2)20-11(3)16(18(22)23-4)17(15)12-6-8-13(19)9-7-12/h6-9,15,17H,5H2,1-4H3/t15?,17-/m0/s1. The average Bonchev–Trinajstić information content (AvgIpc) is 2.53. The van der Waals surface area contributed by atoms with Crippen LogP contribution in [0.25, 0.3) is 0 Å². The van der Waals surface area contributed by atoms with Crippen molar-refractivity contribution in [3.63, 3.8) is 0 Å². The summed E-state index contributed by atoms with van der Waals surface area (Å²) in [7, 11) is 1.35.